The second-order valence-corrected chi connectivity index (χ2v) is 6.59. The van der Waals surface area contributed by atoms with Gasteiger partial charge in [-0.3, -0.25) is 14.5 Å². The lowest BCUT2D eigenvalue weighted by Crippen LogP contribution is -2.29. The number of thiocarbonyl (C=S) groups is 1. The molecule has 1 heterocycles. The van der Waals surface area contributed by atoms with E-state index in [2.05, 4.69) is 4.74 Å². The molecule has 0 saturated carbocycles. The minimum Gasteiger partial charge on any atom is -0.481 e. The number of rotatable bonds is 6. The smallest absolute Gasteiger partial charge is 0.481 e. The summed E-state index contributed by atoms with van der Waals surface area (Å²) in [5.41, 5.74) is 0.0888. The first-order valence-electron chi connectivity index (χ1n) is 6.99. The lowest BCUT2D eigenvalue weighted by molar-refractivity contribution is -0.274. The number of nitrogens with zero attached hydrogens (tertiary/aromatic N) is 1. The quantitative estimate of drug-likeness (QED) is 0.590. The van der Waals surface area contributed by atoms with Crippen molar-refractivity contribution in [3.8, 4) is 5.75 Å². The number of hydrogen-bond donors (Lipinski definition) is 1. The standard InChI is InChI=1S/C15H12F3NO4S2/c16-15(17,18)23-10-5-2-1-4-9(10)8-11-13(22)19(14(24)25-11)7-3-6-12(20)21/h1-2,4-5,8H,3,6-7H2,(H,20,21)/b11-8-. The van der Waals surface area contributed by atoms with Crippen molar-refractivity contribution in [1.82, 2.24) is 4.90 Å². The summed E-state index contributed by atoms with van der Waals surface area (Å²) < 4.78 is 41.5. The third kappa shape index (κ3) is 5.46. The summed E-state index contributed by atoms with van der Waals surface area (Å²) in [7, 11) is 0. The van der Waals surface area contributed by atoms with Crippen molar-refractivity contribution in [2.75, 3.05) is 6.54 Å². The zero-order chi connectivity index (χ0) is 18.6. The Hall–Kier alpha value is -2.07. The molecule has 0 unspecified atom stereocenters. The Bertz CT molecular complexity index is 734. The maximum Gasteiger partial charge on any atom is 0.573 e. The van der Waals surface area contributed by atoms with E-state index < -0.39 is 24.0 Å². The van der Waals surface area contributed by atoms with E-state index in [0.717, 1.165) is 17.8 Å². The van der Waals surface area contributed by atoms with Crippen LogP contribution in [-0.2, 0) is 9.59 Å². The number of carbonyl (C=O) groups is 2. The third-order valence-corrected chi connectivity index (χ3v) is 4.46. The van der Waals surface area contributed by atoms with Crippen molar-refractivity contribution in [1.29, 1.82) is 0 Å². The molecule has 0 aliphatic carbocycles. The Labute approximate surface area is 150 Å². The van der Waals surface area contributed by atoms with E-state index in [1.165, 1.54) is 29.2 Å². The molecule has 0 spiro atoms. The fourth-order valence-electron chi connectivity index (χ4n) is 2.04. The van der Waals surface area contributed by atoms with Crippen LogP contribution in [-0.4, -0.2) is 39.1 Å². The molecule has 5 nitrogen and oxygen atoms in total. The Morgan fingerprint density at radius 1 is 1.36 bits per heavy atom. The number of carbonyl (C=O) groups excluding carboxylic acids is 1. The summed E-state index contributed by atoms with van der Waals surface area (Å²) in [5, 5.41) is 8.63. The van der Waals surface area contributed by atoms with Gasteiger partial charge in [0.1, 0.15) is 10.1 Å². The van der Waals surface area contributed by atoms with Gasteiger partial charge in [-0.25, -0.2) is 0 Å². The molecule has 1 aliphatic rings. The van der Waals surface area contributed by atoms with Gasteiger partial charge < -0.3 is 9.84 Å². The van der Waals surface area contributed by atoms with Gasteiger partial charge in [0, 0.05) is 18.5 Å². The zero-order valence-corrected chi connectivity index (χ0v) is 14.2. The Balaban J connectivity index is 2.18. The summed E-state index contributed by atoms with van der Waals surface area (Å²) in [6.45, 7) is 0.134. The number of aliphatic carboxylic acids is 1. The number of carboxylic acids is 1. The van der Waals surface area contributed by atoms with Gasteiger partial charge in [-0.15, -0.1) is 13.2 Å². The van der Waals surface area contributed by atoms with Gasteiger partial charge in [0.25, 0.3) is 5.91 Å². The Morgan fingerprint density at radius 3 is 2.68 bits per heavy atom. The number of halogens is 3. The van der Waals surface area contributed by atoms with Gasteiger partial charge in [0.2, 0.25) is 0 Å². The second kappa shape index (κ2) is 7.87. The fraction of sp³-hybridized carbons (Fsp3) is 0.267. The van der Waals surface area contributed by atoms with Gasteiger partial charge in [-0.1, -0.05) is 42.2 Å². The molecule has 1 fully saturated rings. The van der Waals surface area contributed by atoms with E-state index in [4.69, 9.17) is 17.3 Å². The van der Waals surface area contributed by atoms with Crippen LogP contribution in [0.15, 0.2) is 29.2 Å². The number of para-hydroxylation sites is 1. The fourth-order valence-corrected chi connectivity index (χ4v) is 3.34. The predicted molar refractivity (Wildman–Crippen MR) is 89.9 cm³/mol. The van der Waals surface area contributed by atoms with Gasteiger partial charge >= 0.3 is 12.3 Å². The number of amides is 1. The number of benzene rings is 1. The molecular formula is C15H12F3NO4S2. The highest BCUT2D eigenvalue weighted by molar-refractivity contribution is 8.26. The predicted octanol–water partition coefficient (Wildman–Crippen LogP) is 3.65. The largest absolute Gasteiger partial charge is 0.573 e. The van der Waals surface area contributed by atoms with Crippen LogP contribution in [0.4, 0.5) is 13.2 Å². The third-order valence-electron chi connectivity index (χ3n) is 3.08. The average Bonchev–Trinajstić information content (AvgIpc) is 2.75. The van der Waals surface area contributed by atoms with Crippen LogP contribution in [0, 0.1) is 0 Å². The highest BCUT2D eigenvalue weighted by Crippen LogP contribution is 2.35. The van der Waals surface area contributed by atoms with Crippen LogP contribution in [0.2, 0.25) is 0 Å². The van der Waals surface area contributed by atoms with E-state index in [1.54, 1.807) is 0 Å². The molecule has 0 radical (unpaired) electrons. The number of ether oxygens (including phenoxy) is 1. The van der Waals surface area contributed by atoms with E-state index >= 15 is 0 Å². The highest BCUT2D eigenvalue weighted by atomic mass is 32.2. The molecule has 1 aromatic rings. The molecule has 1 N–H and O–H groups in total. The van der Waals surface area contributed by atoms with Gasteiger partial charge in [-0.2, -0.15) is 0 Å². The first-order valence-corrected chi connectivity index (χ1v) is 8.22. The van der Waals surface area contributed by atoms with Crippen molar-refractivity contribution >= 4 is 46.3 Å². The number of thioether (sulfide) groups is 1. The van der Waals surface area contributed by atoms with Crippen LogP contribution < -0.4 is 4.74 Å². The van der Waals surface area contributed by atoms with Crippen molar-refractivity contribution in [3.63, 3.8) is 0 Å². The number of carboxylic acid groups (broad SMARTS) is 1. The molecule has 10 heteroatoms. The summed E-state index contributed by atoms with van der Waals surface area (Å²) >= 11 is 6.03. The van der Waals surface area contributed by atoms with Crippen LogP contribution >= 0.6 is 24.0 Å². The average molecular weight is 391 g/mol. The SMILES string of the molecule is O=C(O)CCCN1C(=O)/C(=C/c2ccccc2OC(F)(F)F)SC1=S. The molecule has 25 heavy (non-hydrogen) atoms. The van der Waals surface area contributed by atoms with Crippen LogP contribution in [0.3, 0.4) is 0 Å². The van der Waals surface area contributed by atoms with E-state index in [0.29, 0.717) is 0 Å². The van der Waals surface area contributed by atoms with E-state index in [9.17, 15) is 22.8 Å². The molecule has 1 aromatic carbocycles. The van der Waals surface area contributed by atoms with Crippen LogP contribution in [0.5, 0.6) is 5.75 Å². The molecule has 0 aromatic heterocycles. The van der Waals surface area contributed by atoms with Crippen molar-refractivity contribution in [2.24, 2.45) is 0 Å². The molecule has 0 bridgehead atoms. The molecule has 134 valence electrons. The molecule has 2 rings (SSSR count). The summed E-state index contributed by atoms with van der Waals surface area (Å²) in [5.74, 6) is -1.88. The van der Waals surface area contributed by atoms with Crippen LogP contribution in [0.1, 0.15) is 18.4 Å². The monoisotopic (exact) mass is 391 g/mol. The second-order valence-electron chi connectivity index (χ2n) is 4.92. The van der Waals surface area contributed by atoms with Crippen molar-refractivity contribution in [2.45, 2.75) is 19.2 Å². The summed E-state index contributed by atoms with van der Waals surface area (Å²) in [4.78, 5) is 24.3. The lowest BCUT2D eigenvalue weighted by atomic mass is 10.2. The van der Waals surface area contributed by atoms with Gasteiger partial charge in [0.05, 0.1) is 4.91 Å². The summed E-state index contributed by atoms with van der Waals surface area (Å²) in [6, 6.07) is 5.43. The van der Waals surface area contributed by atoms with Crippen molar-refractivity contribution < 1.29 is 32.6 Å². The molecule has 1 saturated heterocycles. The minimum absolute atomic E-state index is 0.0888. The number of alkyl halides is 3. The zero-order valence-electron chi connectivity index (χ0n) is 12.6. The Kier molecular flexibility index (Phi) is 6.07. The summed E-state index contributed by atoms with van der Waals surface area (Å²) in [6.07, 6.45) is -3.46. The van der Waals surface area contributed by atoms with Crippen LogP contribution in [0.25, 0.3) is 6.08 Å². The van der Waals surface area contributed by atoms with Gasteiger partial charge in [0.15, 0.2) is 0 Å². The molecular weight excluding hydrogens is 379 g/mol. The first kappa shape index (κ1) is 19.3. The first-order chi connectivity index (χ1) is 11.7. The highest BCUT2D eigenvalue weighted by Gasteiger charge is 2.34. The normalized spacial score (nSPS) is 16.6. The maximum absolute atomic E-state index is 12.4. The minimum atomic E-state index is -4.85. The topological polar surface area (TPSA) is 66.8 Å². The number of hydrogen-bond acceptors (Lipinski definition) is 5. The Morgan fingerprint density at radius 2 is 2.04 bits per heavy atom. The van der Waals surface area contributed by atoms with Crippen molar-refractivity contribution in [3.05, 3.63) is 34.7 Å². The lowest BCUT2D eigenvalue weighted by Gasteiger charge is -2.13. The van der Waals surface area contributed by atoms with E-state index in [-0.39, 0.29) is 34.2 Å². The van der Waals surface area contributed by atoms with E-state index in [1.807, 2.05) is 0 Å². The molecule has 0 atom stereocenters. The molecule has 1 aliphatic heterocycles. The maximum atomic E-state index is 12.4. The van der Waals surface area contributed by atoms with Gasteiger partial charge in [-0.05, 0) is 18.6 Å². The molecule has 1 amide bonds.